The van der Waals surface area contributed by atoms with Gasteiger partial charge in [0.2, 0.25) is 0 Å². The Kier molecular flexibility index (Phi) is 24.2. The van der Waals surface area contributed by atoms with Crippen LogP contribution >= 0.6 is 0 Å². The van der Waals surface area contributed by atoms with E-state index in [1.807, 2.05) is 0 Å². The second-order valence-corrected chi connectivity index (χ2v) is 13.1. The van der Waals surface area contributed by atoms with Crippen molar-refractivity contribution in [1.82, 2.24) is 0 Å². The van der Waals surface area contributed by atoms with E-state index in [0.29, 0.717) is 0 Å². The third-order valence-electron chi connectivity index (χ3n) is 5.45. The van der Waals surface area contributed by atoms with Crippen molar-refractivity contribution in [3.8, 4) is 0 Å². The van der Waals surface area contributed by atoms with Gasteiger partial charge in [-0.3, -0.25) is 0 Å². The number of rotatable bonds is 22. The third kappa shape index (κ3) is 22.6. The van der Waals surface area contributed by atoms with Crippen molar-refractivity contribution in [1.29, 1.82) is 0 Å². The molecule has 0 aliphatic carbocycles. The van der Waals surface area contributed by atoms with Crippen LogP contribution in [0.15, 0.2) is 0 Å². The average Bonchev–Trinajstić information content (AvgIpc) is 2.64. The van der Waals surface area contributed by atoms with Crippen molar-refractivity contribution in [2.45, 2.75) is 151 Å². The first-order chi connectivity index (χ1) is 12.8. The van der Waals surface area contributed by atoms with E-state index in [4.69, 9.17) is 0 Å². The van der Waals surface area contributed by atoms with Crippen LogP contribution in [0.3, 0.4) is 0 Å². The fourth-order valence-corrected chi connectivity index (χ4v) is 7.19. The molecule has 0 saturated carbocycles. The molecule has 0 unspecified atom stereocenters. The maximum atomic E-state index is 12.2. The van der Waals surface area contributed by atoms with Crippen LogP contribution in [-0.4, -0.2) is 19.5 Å². The van der Waals surface area contributed by atoms with Crippen LogP contribution < -0.4 is 0 Å². The summed E-state index contributed by atoms with van der Waals surface area (Å²) < 4.78 is 14.4. The summed E-state index contributed by atoms with van der Waals surface area (Å²) in [6.45, 7) is 4.56. The monoisotopic (exact) mass is 484 g/mol. The molecule has 2 heteroatoms. The molecule has 0 aliphatic heterocycles. The molecule has 0 aromatic heterocycles. The Bertz CT molecular complexity index is 251. The van der Waals surface area contributed by atoms with Crippen molar-refractivity contribution in [3.63, 3.8) is 0 Å². The van der Waals surface area contributed by atoms with Gasteiger partial charge in [-0.15, -0.1) is 0 Å². The molecule has 0 aromatic rings. The Morgan fingerprint density at radius 2 is 0.615 bits per heavy atom. The summed E-state index contributed by atoms with van der Waals surface area (Å²) in [4.78, 5) is 0. The fraction of sp³-hybridized carbons (Fsp3) is 1.00. The maximum absolute atomic E-state index is 12.2. The van der Waals surface area contributed by atoms with Crippen LogP contribution in [0.2, 0.25) is 8.94 Å². The van der Waals surface area contributed by atoms with Gasteiger partial charge < -0.3 is 0 Å². The van der Waals surface area contributed by atoms with Crippen LogP contribution in [0.5, 0.6) is 0 Å². The summed E-state index contributed by atoms with van der Waals surface area (Å²) in [6, 6.07) is 0. The predicted octanol–water partition coefficient (Wildman–Crippen LogP) is 9.25. The van der Waals surface area contributed by atoms with Crippen molar-refractivity contribution in [3.05, 3.63) is 0 Å². The Morgan fingerprint density at radius 1 is 0.385 bits per heavy atom. The van der Waals surface area contributed by atoms with Gasteiger partial charge in [0.25, 0.3) is 0 Å². The zero-order valence-electron chi connectivity index (χ0n) is 18.4. The topological polar surface area (TPSA) is 17.1 Å². The Morgan fingerprint density at radius 3 is 0.885 bits per heavy atom. The number of hydrogen-bond donors (Lipinski definition) is 0. The molecule has 0 atom stereocenters. The minimum atomic E-state index is -1.91. The summed E-state index contributed by atoms with van der Waals surface area (Å²) in [6.07, 6.45) is 27.6. The first-order valence-electron chi connectivity index (χ1n) is 12.2. The zero-order valence-corrected chi connectivity index (χ0v) is 20.7. The molecule has 0 fully saturated rings. The zero-order chi connectivity index (χ0) is 19.1. The predicted molar refractivity (Wildman–Crippen MR) is 120 cm³/mol. The summed E-state index contributed by atoms with van der Waals surface area (Å²) in [7, 11) is 0. The Balaban J connectivity index is 3.13. The first kappa shape index (κ1) is 26.6. The summed E-state index contributed by atoms with van der Waals surface area (Å²) in [5, 5.41) is 0. The molecular weight excluding hydrogens is 432 g/mol. The molecule has 1 nitrogen and oxygen atoms in total. The van der Waals surface area contributed by atoms with Crippen LogP contribution in [0.4, 0.5) is 0 Å². The van der Waals surface area contributed by atoms with E-state index < -0.39 is 19.5 Å². The number of hydrogen-bond acceptors (Lipinski definition) is 1. The van der Waals surface area contributed by atoms with Crippen LogP contribution in [0.1, 0.15) is 142 Å². The fourth-order valence-electron chi connectivity index (χ4n) is 3.60. The molecule has 0 saturated heterocycles. The quantitative estimate of drug-likeness (QED) is 0.111. The molecule has 158 valence electrons. The normalized spacial score (nSPS) is 11.5. The summed E-state index contributed by atoms with van der Waals surface area (Å²) in [5.74, 6) is 0. The second kappa shape index (κ2) is 23.6. The molecular formula is C24H50OTe. The van der Waals surface area contributed by atoms with Gasteiger partial charge in [0.15, 0.2) is 0 Å². The van der Waals surface area contributed by atoms with E-state index in [9.17, 15) is 3.10 Å². The molecule has 0 N–H and O–H groups in total. The van der Waals surface area contributed by atoms with Gasteiger partial charge in [-0.25, -0.2) is 0 Å². The summed E-state index contributed by atoms with van der Waals surface area (Å²) >= 11 is -1.91. The van der Waals surface area contributed by atoms with Crippen molar-refractivity contribution in [2.24, 2.45) is 0 Å². The van der Waals surface area contributed by atoms with Gasteiger partial charge in [0.05, 0.1) is 0 Å². The van der Waals surface area contributed by atoms with Gasteiger partial charge in [-0.05, 0) is 0 Å². The Hall–Kier alpha value is 0.590. The van der Waals surface area contributed by atoms with E-state index in [2.05, 4.69) is 13.8 Å². The minimum absolute atomic E-state index is 1.09. The summed E-state index contributed by atoms with van der Waals surface area (Å²) in [5.41, 5.74) is 0. The molecule has 0 spiro atoms. The first-order valence-corrected chi connectivity index (χ1v) is 16.4. The third-order valence-corrected chi connectivity index (χ3v) is 9.70. The van der Waals surface area contributed by atoms with Gasteiger partial charge in [-0.2, -0.15) is 0 Å². The van der Waals surface area contributed by atoms with Crippen molar-refractivity contribution in [2.75, 3.05) is 0 Å². The van der Waals surface area contributed by atoms with Crippen LogP contribution in [0, 0.1) is 0 Å². The number of unbranched alkanes of at least 4 members (excludes halogenated alkanes) is 18. The molecule has 0 aromatic carbocycles. The van der Waals surface area contributed by atoms with E-state index >= 15 is 0 Å². The van der Waals surface area contributed by atoms with Gasteiger partial charge >= 0.3 is 174 Å². The molecule has 0 heterocycles. The van der Waals surface area contributed by atoms with Gasteiger partial charge in [0.1, 0.15) is 0 Å². The standard InChI is InChI=1S/C24H50OTe/c1-3-5-7-9-11-13-15-17-19-21-23-26(25)24-22-20-18-16-14-12-10-8-6-4-2/h3-24H2,1-2H3. The van der Waals surface area contributed by atoms with Gasteiger partial charge in [-0.1, -0.05) is 0 Å². The molecule has 0 aliphatic rings. The average molecular weight is 482 g/mol. The molecule has 0 radical (unpaired) electrons. The SMILES string of the molecule is CCCCCCCCCCCC[Te](=O)CCCCCCCCCCCC. The van der Waals surface area contributed by atoms with Crippen LogP contribution in [-0.2, 0) is 3.10 Å². The molecule has 0 rings (SSSR count). The van der Waals surface area contributed by atoms with Crippen LogP contribution in [0.25, 0.3) is 0 Å². The Labute approximate surface area is 173 Å². The van der Waals surface area contributed by atoms with E-state index in [1.165, 1.54) is 128 Å². The van der Waals surface area contributed by atoms with Gasteiger partial charge in [0, 0.05) is 0 Å². The molecule has 0 bridgehead atoms. The molecule has 26 heavy (non-hydrogen) atoms. The van der Waals surface area contributed by atoms with E-state index in [0.717, 1.165) is 8.94 Å². The van der Waals surface area contributed by atoms with E-state index in [1.54, 1.807) is 0 Å². The molecule has 0 amide bonds. The second-order valence-electron chi connectivity index (χ2n) is 8.21. The van der Waals surface area contributed by atoms with Crippen molar-refractivity contribution >= 4 is 19.5 Å². The van der Waals surface area contributed by atoms with E-state index in [-0.39, 0.29) is 0 Å². The van der Waals surface area contributed by atoms with Crippen molar-refractivity contribution < 1.29 is 3.10 Å².